The lowest BCUT2D eigenvalue weighted by atomic mass is 9.72. The van der Waals surface area contributed by atoms with Crippen LogP contribution in [0.4, 0.5) is 11.4 Å². The van der Waals surface area contributed by atoms with Crippen molar-refractivity contribution in [1.82, 2.24) is 9.88 Å². The van der Waals surface area contributed by atoms with Crippen molar-refractivity contribution in [3.05, 3.63) is 18.5 Å². The second kappa shape index (κ2) is 5.00. The first-order valence-corrected chi connectivity index (χ1v) is 7.32. The van der Waals surface area contributed by atoms with Crippen LogP contribution in [0.5, 0.6) is 0 Å². The fourth-order valence-corrected chi connectivity index (χ4v) is 3.77. The predicted molar refractivity (Wildman–Crippen MR) is 79.3 cm³/mol. The molecule has 104 valence electrons. The van der Waals surface area contributed by atoms with Gasteiger partial charge in [-0.15, -0.1) is 0 Å². The van der Waals surface area contributed by atoms with E-state index in [1.807, 2.05) is 12.3 Å². The Labute approximate surface area is 115 Å². The zero-order chi connectivity index (χ0) is 13.3. The molecule has 0 aliphatic carbocycles. The molecule has 3 rings (SSSR count). The summed E-state index contributed by atoms with van der Waals surface area (Å²) in [5.74, 6) is 0. The van der Waals surface area contributed by atoms with Crippen LogP contribution >= 0.6 is 0 Å². The molecule has 3 heterocycles. The molecular formula is C15H24N4. The summed E-state index contributed by atoms with van der Waals surface area (Å²) in [7, 11) is 2.26. The summed E-state index contributed by atoms with van der Waals surface area (Å²) in [6.45, 7) is 4.79. The summed E-state index contributed by atoms with van der Waals surface area (Å²) in [6.07, 6.45) is 8.93. The van der Waals surface area contributed by atoms with Crippen LogP contribution in [0.15, 0.2) is 18.5 Å². The van der Waals surface area contributed by atoms with Crippen LogP contribution in [-0.4, -0.2) is 43.1 Å². The standard InChI is InChI=1S/C15H24N4/c1-18-8-2-4-15(12-18)5-9-19(10-6-15)14-3-7-17-11-13(14)16/h3,7,11H,2,4-6,8-10,12,16H2,1H3. The molecule has 2 saturated heterocycles. The maximum Gasteiger partial charge on any atom is 0.0738 e. The molecule has 4 nitrogen and oxygen atoms in total. The van der Waals surface area contributed by atoms with E-state index in [-0.39, 0.29) is 0 Å². The number of nitrogens with zero attached hydrogens (tertiary/aromatic N) is 3. The van der Waals surface area contributed by atoms with Crippen molar-refractivity contribution in [2.24, 2.45) is 5.41 Å². The van der Waals surface area contributed by atoms with E-state index in [1.54, 1.807) is 6.20 Å². The quantitative estimate of drug-likeness (QED) is 0.838. The van der Waals surface area contributed by atoms with Gasteiger partial charge in [0.05, 0.1) is 17.6 Å². The van der Waals surface area contributed by atoms with Crippen LogP contribution in [0.25, 0.3) is 0 Å². The monoisotopic (exact) mass is 260 g/mol. The van der Waals surface area contributed by atoms with Crippen LogP contribution in [0.3, 0.4) is 0 Å². The van der Waals surface area contributed by atoms with Gasteiger partial charge in [-0.25, -0.2) is 0 Å². The number of anilines is 2. The molecule has 4 heteroatoms. The highest BCUT2D eigenvalue weighted by Gasteiger charge is 2.37. The van der Waals surface area contributed by atoms with Gasteiger partial charge in [-0.3, -0.25) is 4.98 Å². The topological polar surface area (TPSA) is 45.4 Å². The third-order valence-corrected chi connectivity index (χ3v) is 4.84. The van der Waals surface area contributed by atoms with E-state index in [0.717, 1.165) is 24.5 Å². The van der Waals surface area contributed by atoms with Crippen LogP contribution < -0.4 is 10.6 Å². The minimum absolute atomic E-state index is 0.561. The van der Waals surface area contributed by atoms with Gasteiger partial charge in [-0.05, 0) is 50.8 Å². The van der Waals surface area contributed by atoms with Crippen molar-refractivity contribution >= 4 is 11.4 Å². The first-order valence-electron chi connectivity index (χ1n) is 7.32. The molecule has 2 aliphatic heterocycles. The SMILES string of the molecule is CN1CCCC2(CCN(c3ccncc3N)CC2)C1. The number of likely N-dealkylation sites (tertiary alicyclic amines) is 1. The maximum absolute atomic E-state index is 6.03. The molecule has 2 aliphatic rings. The molecule has 1 aromatic rings. The van der Waals surface area contributed by atoms with Crippen molar-refractivity contribution in [2.75, 3.05) is 43.9 Å². The Morgan fingerprint density at radius 3 is 2.68 bits per heavy atom. The largest absolute Gasteiger partial charge is 0.396 e. The van der Waals surface area contributed by atoms with E-state index >= 15 is 0 Å². The Morgan fingerprint density at radius 2 is 2.00 bits per heavy atom. The highest BCUT2D eigenvalue weighted by Crippen LogP contribution is 2.40. The van der Waals surface area contributed by atoms with Gasteiger partial charge < -0.3 is 15.5 Å². The fraction of sp³-hybridized carbons (Fsp3) is 0.667. The molecule has 2 N–H and O–H groups in total. The number of nitrogen functional groups attached to an aromatic ring is 1. The summed E-state index contributed by atoms with van der Waals surface area (Å²) in [5, 5.41) is 0. The van der Waals surface area contributed by atoms with Gasteiger partial charge in [-0.1, -0.05) is 0 Å². The number of rotatable bonds is 1. The Balaban J connectivity index is 1.68. The summed E-state index contributed by atoms with van der Waals surface area (Å²) in [4.78, 5) is 9.00. The number of piperidine rings is 2. The molecular weight excluding hydrogens is 236 g/mol. The molecule has 0 bridgehead atoms. The molecule has 1 spiro atoms. The van der Waals surface area contributed by atoms with E-state index in [2.05, 4.69) is 21.8 Å². The third-order valence-electron chi connectivity index (χ3n) is 4.84. The molecule has 0 unspecified atom stereocenters. The van der Waals surface area contributed by atoms with Gasteiger partial charge in [0, 0.05) is 25.8 Å². The van der Waals surface area contributed by atoms with Crippen molar-refractivity contribution in [1.29, 1.82) is 0 Å². The molecule has 0 radical (unpaired) electrons. The van der Waals surface area contributed by atoms with Crippen molar-refractivity contribution in [3.63, 3.8) is 0 Å². The molecule has 19 heavy (non-hydrogen) atoms. The Bertz CT molecular complexity index is 438. The summed E-state index contributed by atoms with van der Waals surface area (Å²) < 4.78 is 0. The van der Waals surface area contributed by atoms with Crippen LogP contribution in [0, 0.1) is 5.41 Å². The molecule has 1 aromatic heterocycles. The van der Waals surface area contributed by atoms with Crippen molar-refractivity contribution in [2.45, 2.75) is 25.7 Å². The molecule has 0 aromatic carbocycles. The summed E-state index contributed by atoms with van der Waals surface area (Å²) in [5.41, 5.74) is 8.56. The van der Waals surface area contributed by atoms with Crippen molar-refractivity contribution in [3.8, 4) is 0 Å². The zero-order valence-corrected chi connectivity index (χ0v) is 11.8. The van der Waals surface area contributed by atoms with E-state index < -0.39 is 0 Å². The van der Waals surface area contributed by atoms with Gasteiger partial charge in [0.1, 0.15) is 0 Å². The number of nitrogens with two attached hydrogens (primary N) is 1. The fourth-order valence-electron chi connectivity index (χ4n) is 3.77. The van der Waals surface area contributed by atoms with E-state index in [4.69, 9.17) is 5.73 Å². The van der Waals surface area contributed by atoms with Crippen LogP contribution in [0.1, 0.15) is 25.7 Å². The number of pyridine rings is 1. The highest BCUT2D eigenvalue weighted by molar-refractivity contribution is 5.66. The van der Waals surface area contributed by atoms with Gasteiger partial charge in [0.2, 0.25) is 0 Å². The first kappa shape index (κ1) is 12.7. The molecule has 0 atom stereocenters. The van der Waals surface area contributed by atoms with Crippen molar-refractivity contribution < 1.29 is 0 Å². The maximum atomic E-state index is 6.03. The summed E-state index contributed by atoms with van der Waals surface area (Å²) >= 11 is 0. The average Bonchev–Trinajstić information content (AvgIpc) is 2.40. The lowest BCUT2D eigenvalue weighted by Gasteiger charge is -2.47. The normalized spacial score (nSPS) is 23.7. The second-order valence-corrected chi connectivity index (χ2v) is 6.26. The first-order chi connectivity index (χ1) is 9.19. The Kier molecular flexibility index (Phi) is 3.35. The van der Waals surface area contributed by atoms with Gasteiger partial charge in [0.25, 0.3) is 0 Å². The lowest BCUT2D eigenvalue weighted by molar-refractivity contribution is 0.0822. The third kappa shape index (κ3) is 2.54. The molecule has 0 amide bonds. The van der Waals surface area contributed by atoms with E-state index in [9.17, 15) is 0 Å². The number of hydrogen-bond donors (Lipinski definition) is 1. The minimum Gasteiger partial charge on any atom is -0.396 e. The summed E-state index contributed by atoms with van der Waals surface area (Å²) in [6, 6.07) is 2.04. The Morgan fingerprint density at radius 1 is 1.21 bits per heavy atom. The number of aromatic nitrogens is 1. The number of hydrogen-bond acceptors (Lipinski definition) is 4. The van der Waals surface area contributed by atoms with Gasteiger partial charge in [0.15, 0.2) is 0 Å². The molecule has 2 fully saturated rings. The smallest absolute Gasteiger partial charge is 0.0738 e. The van der Waals surface area contributed by atoms with Crippen LogP contribution in [0.2, 0.25) is 0 Å². The lowest BCUT2D eigenvalue weighted by Crippen LogP contribution is -2.48. The minimum atomic E-state index is 0.561. The Hall–Kier alpha value is -1.29. The highest BCUT2D eigenvalue weighted by atomic mass is 15.2. The van der Waals surface area contributed by atoms with Gasteiger partial charge in [-0.2, -0.15) is 0 Å². The predicted octanol–water partition coefficient (Wildman–Crippen LogP) is 1.98. The van der Waals surface area contributed by atoms with E-state index in [1.165, 1.54) is 38.8 Å². The van der Waals surface area contributed by atoms with Crippen LogP contribution in [-0.2, 0) is 0 Å². The van der Waals surface area contributed by atoms with Gasteiger partial charge >= 0.3 is 0 Å². The zero-order valence-electron chi connectivity index (χ0n) is 11.8. The second-order valence-electron chi connectivity index (χ2n) is 6.26. The van der Waals surface area contributed by atoms with E-state index in [0.29, 0.717) is 5.41 Å². The average molecular weight is 260 g/mol. The molecule has 0 saturated carbocycles.